The number of nitrogens with two attached hydrogens (primary N) is 1. The molecule has 1 rings (SSSR count). The van der Waals surface area contributed by atoms with Crippen molar-refractivity contribution in [3.05, 3.63) is 23.8 Å². The van der Waals surface area contributed by atoms with Crippen LogP contribution in [-0.2, 0) is 35.1 Å². The zero-order valence-electron chi connectivity index (χ0n) is 21.8. The SMILES string of the molecule is CCC(=O)O[C@@H](C)[C@H](C)OC(=O)[C@@H](N)Cc1ccc(OC(=O)C(C)CC)c(OC(=O)C(C)CC)c1. The molecule has 0 aliphatic carbocycles. The second-order valence-corrected chi connectivity index (χ2v) is 8.74. The maximum atomic E-state index is 12.5. The van der Waals surface area contributed by atoms with Crippen LogP contribution in [0.3, 0.4) is 0 Å². The molecule has 9 heteroatoms. The van der Waals surface area contributed by atoms with Gasteiger partial charge >= 0.3 is 23.9 Å². The van der Waals surface area contributed by atoms with E-state index in [9.17, 15) is 19.2 Å². The third-order valence-electron chi connectivity index (χ3n) is 5.79. The minimum atomic E-state index is -1.02. The fourth-order valence-corrected chi connectivity index (χ4v) is 2.68. The lowest BCUT2D eigenvalue weighted by Crippen LogP contribution is -2.39. The molecule has 2 N–H and O–H groups in total. The number of esters is 4. The Hall–Kier alpha value is -2.94. The van der Waals surface area contributed by atoms with Gasteiger partial charge < -0.3 is 24.7 Å². The zero-order valence-corrected chi connectivity index (χ0v) is 21.8. The summed E-state index contributed by atoms with van der Waals surface area (Å²) in [5.41, 5.74) is 6.63. The molecule has 0 aliphatic heterocycles. The van der Waals surface area contributed by atoms with Crippen LogP contribution in [0.25, 0.3) is 0 Å². The molecule has 0 bridgehead atoms. The van der Waals surface area contributed by atoms with Crippen LogP contribution in [0.15, 0.2) is 18.2 Å². The molecule has 9 nitrogen and oxygen atoms in total. The van der Waals surface area contributed by atoms with Crippen LogP contribution in [0, 0.1) is 11.8 Å². The number of hydrogen-bond donors (Lipinski definition) is 1. The van der Waals surface area contributed by atoms with Gasteiger partial charge in [-0.2, -0.15) is 0 Å². The quantitative estimate of drug-likeness (QED) is 0.322. The smallest absolute Gasteiger partial charge is 0.323 e. The minimum Gasteiger partial charge on any atom is -0.459 e. The van der Waals surface area contributed by atoms with Crippen LogP contribution < -0.4 is 15.2 Å². The van der Waals surface area contributed by atoms with Gasteiger partial charge in [0.1, 0.15) is 18.2 Å². The largest absolute Gasteiger partial charge is 0.459 e. The molecule has 0 saturated heterocycles. The molecule has 0 aromatic heterocycles. The molecule has 0 heterocycles. The molecule has 5 atom stereocenters. The fourth-order valence-electron chi connectivity index (χ4n) is 2.68. The molecule has 0 radical (unpaired) electrons. The van der Waals surface area contributed by atoms with E-state index in [-0.39, 0.29) is 36.2 Å². The van der Waals surface area contributed by atoms with Gasteiger partial charge in [0.15, 0.2) is 11.5 Å². The molecule has 0 spiro atoms. The number of carbonyl (C=O) groups is 4. The fraction of sp³-hybridized carbons (Fsp3) is 0.615. The molecule has 1 aromatic carbocycles. The Morgan fingerprint density at radius 2 is 1.29 bits per heavy atom. The monoisotopic (exact) mass is 493 g/mol. The van der Waals surface area contributed by atoms with Gasteiger partial charge in [-0.25, -0.2) is 0 Å². The van der Waals surface area contributed by atoms with E-state index < -0.39 is 42.1 Å². The van der Waals surface area contributed by atoms with Crippen molar-refractivity contribution >= 4 is 23.9 Å². The number of benzene rings is 1. The normalized spacial score (nSPS) is 15.2. The highest BCUT2D eigenvalue weighted by Gasteiger charge is 2.25. The molecule has 0 fully saturated rings. The third-order valence-corrected chi connectivity index (χ3v) is 5.79. The summed E-state index contributed by atoms with van der Waals surface area (Å²) in [4.78, 5) is 48.6. The highest BCUT2D eigenvalue weighted by atomic mass is 16.6. The summed E-state index contributed by atoms with van der Waals surface area (Å²) in [7, 11) is 0. The standard InChI is InChI=1S/C26H39NO8/c1-8-15(4)24(29)34-21-12-11-19(14-22(21)35-25(30)16(5)9-2)13-20(27)26(31)33-18(7)17(6)32-23(28)10-3/h11-12,14-18,20H,8-10,13,27H2,1-7H3/t15?,16?,17-,18-,20-/m0/s1. The van der Waals surface area contributed by atoms with Gasteiger partial charge in [-0.1, -0.05) is 40.7 Å². The summed E-state index contributed by atoms with van der Waals surface area (Å²) in [5, 5.41) is 0. The van der Waals surface area contributed by atoms with Gasteiger partial charge in [0.2, 0.25) is 0 Å². The van der Waals surface area contributed by atoms with Crippen LogP contribution in [0.4, 0.5) is 0 Å². The maximum absolute atomic E-state index is 12.5. The first kappa shape index (κ1) is 30.1. The van der Waals surface area contributed by atoms with E-state index >= 15 is 0 Å². The Bertz CT molecular complexity index is 884. The lowest BCUT2D eigenvalue weighted by Gasteiger charge is -2.22. The van der Waals surface area contributed by atoms with Crippen molar-refractivity contribution in [1.82, 2.24) is 0 Å². The molecule has 0 saturated carbocycles. The summed E-state index contributed by atoms with van der Waals surface area (Å²) in [6, 6.07) is 3.67. The highest BCUT2D eigenvalue weighted by Crippen LogP contribution is 2.31. The second kappa shape index (κ2) is 14.5. The average molecular weight is 494 g/mol. The maximum Gasteiger partial charge on any atom is 0.323 e. The molecule has 0 aliphatic rings. The summed E-state index contributed by atoms with van der Waals surface area (Å²) < 4.78 is 21.5. The first-order valence-corrected chi connectivity index (χ1v) is 12.1. The Labute approximate surface area is 207 Å². The number of rotatable bonds is 13. The first-order valence-electron chi connectivity index (χ1n) is 12.1. The van der Waals surface area contributed by atoms with Crippen molar-refractivity contribution in [2.75, 3.05) is 0 Å². The van der Waals surface area contributed by atoms with Gasteiger partial charge in [0, 0.05) is 6.42 Å². The molecular weight excluding hydrogens is 454 g/mol. The molecular formula is C26H39NO8. The van der Waals surface area contributed by atoms with Crippen molar-refractivity contribution in [3.63, 3.8) is 0 Å². The van der Waals surface area contributed by atoms with E-state index in [1.54, 1.807) is 40.7 Å². The van der Waals surface area contributed by atoms with E-state index in [1.165, 1.54) is 12.1 Å². The number of carbonyl (C=O) groups excluding carboxylic acids is 4. The number of hydrogen-bond acceptors (Lipinski definition) is 9. The van der Waals surface area contributed by atoms with Crippen molar-refractivity contribution in [3.8, 4) is 11.5 Å². The van der Waals surface area contributed by atoms with Gasteiger partial charge in [0.25, 0.3) is 0 Å². The van der Waals surface area contributed by atoms with Crippen molar-refractivity contribution in [2.45, 2.75) is 92.4 Å². The summed E-state index contributed by atoms with van der Waals surface area (Å²) in [5.74, 6) is -2.42. The topological polar surface area (TPSA) is 131 Å². The van der Waals surface area contributed by atoms with Gasteiger partial charge in [-0.15, -0.1) is 0 Å². The molecule has 2 unspecified atom stereocenters. The predicted molar refractivity (Wildman–Crippen MR) is 130 cm³/mol. The molecule has 35 heavy (non-hydrogen) atoms. The lowest BCUT2D eigenvalue weighted by atomic mass is 10.1. The van der Waals surface area contributed by atoms with Crippen molar-refractivity contribution in [2.24, 2.45) is 17.6 Å². The number of ether oxygens (including phenoxy) is 4. The van der Waals surface area contributed by atoms with E-state index in [4.69, 9.17) is 24.7 Å². The van der Waals surface area contributed by atoms with E-state index in [0.717, 1.165) is 0 Å². The van der Waals surface area contributed by atoms with E-state index in [2.05, 4.69) is 0 Å². The van der Waals surface area contributed by atoms with E-state index in [1.807, 2.05) is 13.8 Å². The van der Waals surface area contributed by atoms with Crippen LogP contribution in [0.1, 0.15) is 73.3 Å². The lowest BCUT2D eigenvalue weighted by molar-refractivity contribution is -0.166. The van der Waals surface area contributed by atoms with Crippen LogP contribution in [0.5, 0.6) is 11.5 Å². The summed E-state index contributed by atoms with van der Waals surface area (Å²) in [6.45, 7) is 12.1. The zero-order chi connectivity index (χ0) is 26.7. The second-order valence-electron chi connectivity index (χ2n) is 8.74. The molecule has 1 aromatic rings. The first-order chi connectivity index (χ1) is 16.4. The Morgan fingerprint density at radius 3 is 1.80 bits per heavy atom. The minimum absolute atomic E-state index is 0.0819. The van der Waals surface area contributed by atoms with E-state index in [0.29, 0.717) is 18.4 Å². The molecule has 196 valence electrons. The van der Waals surface area contributed by atoms with Gasteiger partial charge in [0.05, 0.1) is 11.8 Å². The van der Waals surface area contributed by atoms with Gasteiger partial charge in [-0.3, -0.25) is 19.2 Å². The summed E-state index contributed by atoms with van der Waals surface area (Å²) in [6.07, 6.45) is 0.189. The van der Waals surface area contributed by atoms with Crippen LogP contribution >= 0.6 is 0 Å². The Balaban J connectivity index is 2.99. The summed E-state index contributed by atoms with van der Waals surface area (Å²) >= 11 is 0. The Kier molecular flexibility index (Phi) is 12.4. The Morgan fingerprint density at radius 1 is 0.771 bits per heavy atom. The molecule has 0 amide bonds. The predicted octanol–water partition coefficient (Wildman–Crippen LogP) is 3.73. The van der Waals surface area contributed by atoms with Crippen molar-refractivity contribution in [1.29, 1.82) is 0 Å². The third kappa shape index (κ3) is 9.68. The van der Waals surface area contributed by atoms with Crippen LogP contribution in [-0.4, -0.2) is 42.1 Å². The van der Waals surface area contributed by atoms with Gasteiger partial charge in [-0.05, 0) is 50.8 Å². The highest BCUT2D eigenvalue weighted by molar-refractivity contribution is 5.79. The van der Waals surface area contributed by atoms with Crippen molar-refractivity contribution < 1.29 is 38.1 Å². The van der Waals surface area contributed by atoms with Crippen LogP contribution in [0.2, 0.25) is 0 Å². The average Bonchev–Trinajstić information content (AvgIpc) is 2.83.